The maximum atomic E-state index is 4.07. The van der Waals surface area contributed by atoms with Crippen LogP contribution < -0.4 is 0 Å². The molecule has 2 saturated carbocycles. The van der Waals surface area contributed by atoms with Gasteiger partial charge in [0.05, 0.1) is 6.33 Å². The van der Waals surface area contributed by atoms with Gasteiger partial charge in [-0.2, -0.15) is 0 Å². The lowest BCUT2D eigenvalue weighted by Crippen LogP contribution is -2.05. The van der Waals surface area contributed by atoms with E-state index in [0.717, 1.165) is 12.3 Å². The lowest BCUT2D eigenvalue weighted by molar-refractivity contribution is 0.342. The van der Waals surface area contributed by atoms with Gasteiger partial charge in [0.15, 0.2) is 0 Å². The minimum absolute atomic E-state index is 0.594. The monoisotopic (exact) mass is 242 g/mol. The molecule has 96 valence electrons. The Morgan fingerprint density at radius 1 is 1.28 bits per heavy atom. The van der Waals surface area contributed by atoms with Crippen molar-refractivity contribution >= 4 is 0 Å². The quantitative estimate of drug-likeness (QED) is 0.801. The Morgan fingerprint density at radius 2 is 2.17 bits per heavy atom. The fraction of sp³-hybridized carbons (Fsp3) is 0.688. The van der Waals surface area contributed by atoms with Crippen molar-refractivity contribution in [3.63, 3.8) is 0 Å². The Kier molecular flexibility index (Phi) is 3.69. The smallest absolute Gasteiger partial charge is 0.0921 e. The molecule has 2 aliphatic rings. The van der Waals surface area contributed by atoms with Gasteiger partial charge < -0.3 is 4.98 Å². The first-order valence-corrected chi connectivity index (χ1v) is 7.40. The van der Waals surface area contributed by atoms with Crippen molar-refractivity contribution in [1.29, 1.82) is 0 Å². The summed E-state index contributed by atoms with van der Waals surface area (Å²) in [7, 11) is 0. The Hall–Kier alpha value is -1.23. The van der Waals surface area contributed by atoms with Crippen molar-refractivity contribution in [3.05, 3.63) is 18.2 Å². The molecule has 0 saturated heterocycles. The maximum Gasteiger partial charge on any atom is 0.0921 e. The highest BCUT2D eigenvalue weighted by Gasteiger charge is 2.37. The van der Waals surface area contributed by atoms with Gasteiger partial charge in [0, 0.05) is 30.1 Å². The molecule has 2 aliphatic carbocycles. The first kappa shape index (κ1) is 11.8. The zero-order chi connectivity index (χ0) is 12.2. The van der Waals surface area contributed by atoms with Gasteiger partial charge in [-0.15, -0.1) is 5.92 Å². The molecule has 0 spiro atoms. The van der Waals surface area contributed by atoms with Gasteiger partial charge in [-0.1, -0.05) is 38.0 Å². The molecule has 1 aromatic heterocycles. The lowest BCUT2D eigenvalue weighted by Gasteiger charge is -2.20. The molecule has 2 atom stereocenters. The van der Waals surface area contributed by atoms with Crippen molar-refractivity contribution < 1.29 is 0 Å². The van der Waals surface area contributed by atoms with E-state index < -0.39 is 0 Å². The molecule has 0 radical (unpaired) electrons. The number of nitrogens with one attached hydrogen (secondary N) is 1. The number of hydrogen-bond donors (Lipinski definition) is 1. The molecule has 0 bridgehead atoms. The number of rotatable bonds is 3. The molecular formula is C16H22N2. The SMILES string of the molecule is C(#C[C@@H]1C[C@H]1c1cnc[nH]1)CCC1CCCCC1. The van der Waals surface area contributed by atoms with E-state index in [1.54, 1.807) is 6.33 Å². The zero-order valence-electron chi connectivity index (χ0n) is 11.0. The number of aromatic nitrogens is 2. The second-order valence-corrected chi connectivity index (χ2v) is 5.82. The van der Waals surface area contributed by atoms with Gasteiger partial charge in [-0.25, -0.2) is 4.98 Å². The highest BCUT2D eigenvalue weighted by atomic mass is 14.9. The van der Waals surface area contributed by atoms with E-state index in [9.17, 15) is 0 Å². The van der Waals surface area contributed by atoms with E-state index >= 15 is 0 Å². The topological polar surface area (TPSA) is 28.7 Å². The third-order valence-corrected chi connectivity index (χ3v) is 4.40. The minimum atomic E-state index is 0.594. The standard InChI is InChI=1S/C16H22N2/c1-2-6-13(7-3-1)8-4-5-9-14-10-15(14)16-11-17-12-18-16/h11-15H,1-4,6-8,10H2,(H,17,18)/t14-,15-/m1/s1. The van der Waals surface area contributed by atoms with E-state index in [1.165, 1.54) is 50.6 Å². The lowest BCUT2D eigenvalue weighted by atomic mass is 9.86. The van der Waals surface area contributed by atoms with Crippen molar-refractivity contribution in [2.75, 3.05) is 0 Å². The Balaban J connectivity index is 1.38. The molecule has 2 nitrogen and oxygen atoms in total. The third-order valence-electron chi connectivity index (χ3n) is 4.40. The summed E-state index contributed by atoms with van der Waals surface area (Å²) in [6.45, 7) is 0. The van der Waals surface area contributed by atoms with Crippen LogP contribution in [0.15, 0.2) is 12.5 Å². The first-order valence-electron chi connectivity index (χ1n) is 7.40. The molecule has 1 N–H and O–H groups in total. The average Bonchev–Trinajstić information content (AvgIpc) is 2.98. The summed E-state index contributed by atoms with van der Waals surface area (Å²) in [5, 5.41) is 0. The van der Waals surface area contributed by atoms with Gasteiger partial charge in [-0.05, 0) is 18.8 Å². The van der Waals surface area contributed by atoms with E-state index in [2.05, 4.69) is 21.8 Å². The molecule has 1 aromatic rings. The van der Waals surface area contributed by atoms with E-state index in [4.69, 9.17) is 0 Å². The zero-order valence-corrected chi connectivity index (χ0v) is 11.0. The number of imidazole rings is 1. The summed E-state index contributed by atoms with van der Waals surface area (Å²) in [6.07, 6.45) is 14.6. The van der Waals surface area contributed by atoms with Crippen LogP contribution in [0.25, 0.3) is 0 Å². The summed E-state index contributed by atoms with van der Waals surface area (Å²) in [4.78, 5) is 7.26. The Bertz CT molecular complexity index is 418. The van der Waals surface area contributed by atoms with Crippen LogP contribution in [0.2, 0.25) is 0 Å². The fourth-order valence-electron chi connectivity index (χ4n) is 3.12. The van der Waals surface area contributed by atoms with Crippen LogP contribution in [-0.4, -0.2) is 9.97 Å². The van der Waals surface area contributed by atoms with E-state index in [1.807, 2.05) is 6.20 Å². The minimum Gasteiger partial charge on any atom is -0.348 e. The van der Waals surface area contributed by atoms with Crippen LogP contribution in [-0.2, 0) is 0 Å². The van der Waals surface area contributed by atoms with Gasteiger partial charge in [-0.3, -0.25) is 0 Å². The van der Waals surface area contributed by atoms with Crippen LogP contribution in [0.4, 0.5) is 0 Å². The maximum absolute atomic E-state index is 4.07. The molecule has 2 fully saturated rings. The van der Waals surface area contributed by atoms with Gasteiger partial charge >= 0.3 is 0 Å². The number of aromatic amines is 1. The molecule has 18 heavy (non-hydrogen) atoms. The number of H-pyrrole nitrogens is 1. The molecular weight excluding hydrogens is 220 g/mol. The van der Waals surface area contributed by atoms with Crippen LogP contribution in [0, 0.1) is 23.7 Å². The van der Waals surface area contributed by atoms with Crippen LogP contribution >= 0.6 is 0 Å². The highest BCUT2D eigenvalue weighted by Crippen LogP contribution is 2.45. The Morgan fingerprint density at radius 3 is 2.94 bits per heavy atom. The summed E-state index contributed by atoms with van der Waals surface area (Å²) < 4.78 is 0. The van der Waals surface area contributed by atoms with Crippen molar-refractivity contribution in [3.8, 4) is 11.8 Å². The molecule has 0 aromatic carbocycles. The van der Waals surface area contributed by atoms with Gasteiger partial charge in [0.1, 0.15) is 0 Å². The summed E-state index contributed by atoms with van der Waals surface area (Å²) >= 11 is 0. The number of hydrogen-bond acceptors (Lipinski definition) is 1. The van der Waals surface area contributed by atoms with Gasteiger partial charge in [0.25, 0.3) is 0 Å². The normalized spacial score (nSPS) is 27.6. The summed E-state index contributed by atoms with van der Waals surface area (Å²) in [6, 6.07) is 0. The first-order chi connectivity index (χ1) is 8.93. The third kappa shape index (κ3) is 2.96. The second-order valence-electron chi connectivity index (χ2n) is 5.82. The summed E-state index contributed by atoms with van der Waals surface area (Å²) in [5.41, 5.74) is 1.27. The van der Waals surface area contributed by atoms with E-state index in [-0.39, 0.29) is 0 Å². The largest absolute Gasteiger partial charge is 0.348 e. The fourth-order valence-corrected chi connectivity index (χ4v) is 3.12. The highest BCUT2D eigenvalue weighted by molar-refractivity contribution is 5.24. The number of nitrogens with zero attached hydrogens (tertiary/aromatic N) is 1. The molecule has 3 rings (SSSR count). The van der Waals surface area contributed by atoms with Crippen molar-refractivity contribution in [2.24, 2.45) is 11.8 Å². The molecule has 2 heteroatoms. The van der Waals surface area contributed by atoms with Crippen LogP contribution in [0.1, 0.15) is 63.0 Å². The molecule has 0 aliphatic heterocycles. The Labute approximate surface area is 110 Å². The second kappa shape index (κ2) is 5.61. The molecule has 1 heterocycles. The average molecular weight is 242 g/mol. The predicted octanol–water partition coefficient (Wildman–Crippen LogP) is 3.88. The van der Waals surface area contributed by atoms with Crippen LogP contribution in [0.5, 0.6) is 0 Å². The predicted molar refractivity (Wildman–Crippen MR) is 73.0 cm³/mol. The molecule has 0 unspecified atom stereocenters. The summed E-state index contributed by atoms with van der Waals surface area (Å²) in [5.74, 6) is 9.04. The van der Waals surface area contributed by atoms with Crippen molar-refractivity contribution in [2.45, 2.75) is 57.3 Å². The van der Waals surface area contributed by atoms with Crippen molar-refractivity contribution in [1.82, 2.24) is 9.97 Å². The van der Waals surface area contributed by atoms with Gasteiger partial charge in [0.2, 0.25) is 0 Å². The van der Waals surface area contributed by atoms with Crippen LogP contribution in [0.3, 0.4) is 0 Å². The molecule has 0 amide bonds. The van der Waals surface area contributed by atoms with E-state index in [0.29, 0.717) is 11.8 Å².